The van der Waals surface area contributed by atoms with Crippen molar-refractivity contribution in [3.05, 3.63) is 29.8 Å². The lowest BCUT2D eigenvalue weighted by molar-refractivity contribution is 0.193. The summed E-state index contributed by atoms with van der Waals surface area (Å²) in [7, 11) is 0. The number of primary amides is 1. The van der Waals surface area contributed by atoms with Crippen molar-refractivity contribution in [2.24, 2.45) is 5.73 Å². The van der Waals surface area contributed by atoms with Gasteiger partial charge >= 0.3 is 6.03 Å². The van der Waals surface area contributed by atoms with E-state index in [2.05, 4.69) is 11.2 Å². The highest BCUT2D eigenvalue weighted by Gasteiger charge is 2.20. The predicted molar refractivity (Wildman–Crippen MR) is 72.2 cm³/mol. The van der Waals surface area contributed by atoms with Crippen molar-refractivity contribution in [1.82, 2.24) is 4.90 Å². The van der Waals surface area contributed by atoms with Gasteiger partial charge in [-0.2, -0.15) is 0 Å². The second-order valence-corrected chi connectivity index (χ2v) is 4.47. The summed E-state index contributed by atoms with van der Waals surface area (Å²) in [5, 5.41) is 3.44. The quantitative estimate of drug-likeness (QED) is 0.775. The number of benzene rings is 1. The molecule has 1 aliphatic heterocycles. The number of nitrogens with zero attached hydrogens (tertiary/aromatic N) is 1. The Labute approximate surface area is 107 Å². The number of carbonyl (C=O) groups excluding carboxylic acids is 1. The number of urea groups is 1. The van der Waals surface area contributed by atoms with E-state index >= 15 is 0 Å². The molecule has 1 aliphatic rings. The molecule has 4 heteroatoms. The lowest BCUT2D eigenvalue weighted by Crippen LogP contribution is -2.44. The maximum atomic E-state index is 11.0. The van der Waals surface area contributed by atoms with E-state index in [4.69, 9.17) is 12.2 Å². The number of nitrogens with one attached hydrogen (secondary N) is 1. The molecule has 0 atom stereocenters. The molecular weight excluding hydrogens is 226 g/mol. The fourth-order valence-corrected chi connectivity index (χ4v) is 2.18. The van der Waals surface area contributed by atoms with Crippen molar-refractivity contribution >= 4 is 11.7 Å². The van der Waals surface area contributed by atoms with Crippen molar-refractivity contribution in [3.63, 3.8) is 0 Å². The first-order valence-electron chi connectivity index (χ1n) is 6.06. The maximum Gasteiger partial charge on any atom is 0.314 e. The lowest BCUT2D eigenvalue weighted by Gasteiger charge is -2.31. The van der Waals surface area contributed by atoms with Crippen LogP contribution in [0.1, 0.15) is 18.4 Å². The summed E-state index contributed by atoms with van der Waals surface area (Å²) < 4.78 is 0. The van der Waals surface area contributed by atoms with Crippen molar-refractivity contribution in [1.29, 1.82) is 0 Å². The standard InChI is InChI=1S/C14H17N3O/c1-2-11-4-3-5-13(10-11)16-12-6-8-17(9-7-12)14(15)18/h1,3-5,10,12,16H,6-9H2,(H2,15,18). The Hall–Kier alpha value is -2.15. The van der Waals surface area contributed by atoms with Crippen LogP contribution in [0.3, 0.4) is 0 Å². The van der Waals surface area contributed by atoms with Crippen LogP contribution in [0.2, 0.25) is 0 Å². The Balaban J connectivity index is 1.91. The number of anilines is 1. The van der Waals surface area contributed by atoms with Crippen LogP contribution in [0, 0.1) is 12.3 Å². The van der Waals surface area contributed by atoms with Crippen LogP contribution in [0.4, 0.5) is 10.5 Å². The van der Waals surface area contributed by atoms with E-state index in [0.29, 0.717) is 19.1 Å². The molecule has 2 amide bonds. The van der Waals surface area contributed by atoms with Gasteiger partial charge in [-0.1, -0.05) is 12.0 Å². The highest BCUT2D eigenvalue weighted by molar-refractivity contribution is 5.72. The van der Waals surface area contributed by atoms with Gasteiger partial charge in [-0.05, 0) is 31.0 Å². The van der Waals surface area contributed by atoms with Gasteiger partial charge < -0.3 is 16.0 Å². The van der Waals surface area contributed by atoms with Gasteiger partial charge in [0.1, 0.15) is 0 Å². The number of hydrogen-bond donors (Lipinski definition) is 2. The Bertz CT molecular complexity index is 470. The van der Waals surface area contributed by atoms with Gasteiger partial charge in [0.2, 0.25) is 0 Å². The van der Waals surface area contributed by atoms with Gasteiger partial charge in [0.15, 0.2) is 0 Å². The molecule has 0 radical (unpaired) electrons. The number of hydrogen-bond acceptors (Lipinski definition) is 2. The number of terminal acetylenes is 1. The number of carbonyl (C=O) groups is 1. The van der Waals surface area contributed by atoms with Crippen LogP contribution in [0.15, 0.2) is 24.3 Å². The minimum atomic E-state index is -0.331. The summed E-state index contributed by atoms with van der Waals surface area (Å²) in [5.74, 6) is 2.62. The van der Waals surface area contributed by atoms with Crippen molar-refractivity contribution < 1.29 is 4.79 Å². The van der Waals surface area contributed by atoms with Crippen LogP contribution in [0.5, 0.6) is 0 Å². The molecule has 0 aromatic heterocycles. The van der Waals surface area contributed by atoms with E-state index in [9.17, 15) is 4.79 Å². The molecular formula is C14H17N3O. The Morgan fingerprint density at radius 1 is 1.44 bits per heavy atom. The van der Waals surface area contributed by atoms with Gasteiger partial charge in [-0.3, -0.25) is 0 Å². The van der Waals surface area contributed by atoms with E-state index in [1.807, 2.05) is 24.3 Å². The first-order valence-corrected chi connectivity index (χ1v) is 6.06. The highest BCUT2D eigenvalue weighted by Crippen LogP contribution is 2.17. The molecule has 0 spiro atoms. The molecule has 1 saturated heterocycles. The van der Waals surface area contributed by atoms with Crippen LogP contribution in [-0.4, -0.2) is 30.1 Å². The summed E-state index contributed by atoms with van der Waals surface area (Å²) in [5.41, 5.74) is 7.15. The molecule has 1 aromatic carbocycles. The van der Waals surface area contributed by atoms with Gasteiger partial charge in [-0.15, -0.1) is 6.42 Å². The molecule has 1 aromatic rings. The molecule has 2 rings (SSSR count). The topological polar surface area (TPSA) is 58.4 Å². The first-order chi connectivity index (χ1) is 8.69. The summed E-state index contributed by atoms with van der Waals surface area (Å²) in [6, 6.07) is 7.84. The number of piperidine rings is 1. The predicted octanol–water partition coefficient (Wildman–Crippen LogP) is 1.62. The number of amides is 2. The zero-order valence-corrected chi connectivity index (χ0v) is 10.2. The van der Waals surface area contributed by atoms with Crippen molar-refractivity contribution in [2.45, 2.75) is 18.9 Å². The van der Waals surface area contributed by atoms with E-state index < -0.39 is 0 Å². The second-order valence-electron chi connectivity index (χ2n) is 4.47. The fourth-order valence-electron chi connectivity index (χ4n) is 2.18. The molecule has 4 nitrogen and oxygen atoms in total. The van der Waals surface area contributed by atoms with E-state index in [1.54, 1.807) is 4.90 Å². The third-order valence-corrected chi connectivity index (χ3v) is 3.21. The Kier molecular flexibility index (Phi) is 3.73. The SMILES string of the molecule is C#Cc1cccc(NC2CCN(C(N)=O)CC2)c1. The minimum Gasteiger partial charge on any atom is -0.382 e. The highest BCUT2D eigenvalue weighted by atomic mass is 16.2. The fraction of sp³-hybridized carbons (Fsp3) is 0.357. The van der Waals surface area contributed by atoms with Gasteiger partial charge in [0.05, 0.1) is 0 Å². The molecule has 18 heavy (non-hydrogen) atoms. The van der Waals surface area contributed by atoms with E-state index in [0.717, 1.165) is 24.1 Å². The van der Waals surface area contributed by atoms with Crippen molar-refractivity contribution in [3.8, 4) is 12.3 Å². The zero-order valence-electron chi connectivity index (χ0n) is 10.2. The average molecular weight is 243 g/mol. The van der Waals surface area contributed by atoms with Gasteiger partial charge in [0.25, 0.3) is 0 Å². The summed E-state index contributed by atoms with van der Waals surface area (Å²) in [6.45, 7) is 1.42. The molecule has 0 aliphatic carbocycles. The van der Waals surface area contributed by atoms with E-state index in [1.165, 1.54) is 0 Å². The minimum absolute atomic E-state index is 0.331. The molecule has 1 heterocycles. The third kappa shape index (κ3) is 2.95. The Morgan fingerprint density at radius 3 is 2.78 bits per heavy atom. The second kappa shape index (κ2) is 5.46. The largest absolute Gasteiger partial charge is 0.382 e. The normalized spacial score (nSPS) is 16.1. The summed E-state index contributed by atoms with van der Waals surface area (Å²) in [4.78, 5) is 12.7. The van der Waals surface area contributed by atoms with Crippen LogP contribution < -0.4 is 11.1 Å². The monoisotopic (exact) mass is 243 g/mol. The summed E-state index contributed by atoms with van der Waals surface area (Å²) >= 11 is 0. The van der Waals surface area contributed by atoms with Crippen LogP contribution in [0.25, 0.3) is 0 Å². The number of rotatable bonds is 2. The summed E-state index contributed by atoms with van der Waals surface area (Å²) in [6.07, 6.45) is 7.18. The zero-order chi connectivity index (χ0) is 13.0. The van der Waals surface area contributed by atoms with Gasteiger partial charge in [0, 0.05) is 30.4 Å². The molecule has 1 fully saturated rings. The molecule has 0 saturated carbocycles. The number of likely N-dealkylation sites (tertiary alicyclic amines) is 1. The number of nitrogens with two attached hydrogens (primary N) is 1. The maximum absolute atomic E-state index is 11.0. The third-order valence-electron chi connectivity index (χ3n) is 3.21. The molecule has 0 unspecified atom stereocenters. The van der Waals surface area contributed by atoms with E-state index in [-0.39, 0.29) is 6.03 Å². The average Bonchev–Trinajstić information content (AvgIpc) is 2.39. The molecule has 3 N–H and O–H groups in total. The van der Waals surface area contributed by atoms with Crippen LogP contribution in [-0.2, 0) is 0 Å². The Morgan fingerprint density at radius 2 is 2.17 bits per heavy atom. The molecule has 0 bridgehead atoms. The van der Waals surface area contributed by atoms with Gasteiger partial charge in [-0.25, -0.2) is 4.79 Å². The first kappa shape index (κ1) is 12.3. The van der Waals surface area contributed by atoms with Crippen LogP contribution >= 0.6 is 0 Å². The van der Waals surface area contributed by atoms with Crippen molar-refractivity contribution in [2.75, 3.05) is 18.4 Å². The smallest absolute Gasteiger partial charge is 0.314 e. The lowest BCUT2D eigenvalue weighted by atomic mass is 10.0. The molecule has 94 valence electrons.